The van der Waals surface area contributed by atoms with Gasteiger partial charge in [-0.3, -0.25) is 4.79 Å². The molecule has 2 rings (SSSR count). The molecule has 144 valence electrons. The highest BCUT2D eigenvalue weighted by molar-refractivity contribution is 9.10. The summed E-state index contributed by atoms with van der Waals surface area (Å²) in [6, 6.07) is 1.94. The maximum atomic E-state index is 11.5. The second-order valence-corrected chi connectivity index (χ2v) is 9.98. The summed E-state index contributed by atoms with van der Waals surface area (Å²) in [5, 5.41) is 19.2. The average Bonchev–Trinajstić information content (AvgIpc) is 2.83. The van der Waals surface area contributed by atoms with E-state index in [1.807, 2.05) is 33.8 Å². The Morgan fingerprint density at radius 3 is 2.50 bits per heavy atom. The van der Waals surface area contributed by atoms with Crippen molar-refractivity contribution in [1.29, 1.82) is 0 Å². The van der Waals surface area contributed by atoms with Crippen molar-refractivity contribution in [1.82, 2.24) is 4.98 Å². The summed E-state index contributed by atoms with van der Waals surface area (Å²) in [5.74, 6) is -0.814. The molecule has 1 aromatic heterocycles. The van der Waals surface area contributed by atoms with Crippen molar-refractivity contribution >= 4 is 43.5 Å². The first-order chi connectivity index (χ1) is 11.8. The van der Waals surface area contributed by atoms with E-state index in [4.69, 9.17) is 4.74 Å². The van der Waals surface area contributed by atoms with Crippen LogP contribution in [0.15, 0.2) is 10.5 Å². The molecule has 0 aliphatic carbocycles. The van der Waals surface area contributed by atoms with Crippen molar-refractivity contribution in [2.24, 2.45) is 5.41 Å². The normalized spacial score (nSPS) is 14.0. The van der Waals surface area contributed by atoms with Gasteiger partial charge in [0.15, 0.2) is 0 Å². The lowest BCUT2D eigenvalue weighted by Crippen LogP contribution is -2.27. The number of benzene rings is 1. The molecule has 5 nitrogen and oxygen atoms in total. The third-order valence-electron chi connectivity index (χ3n) is 4.28. The van der Waals surface area contributed by atoms with Crippen molar-refractivity contribution in [2.75, 3.05) is 0 Å². The molecule has 2 N–H and O–H groups in total. The summed E-state index contributed by atoms with van der Waals surface area (Å²) in [6.45, 7) is 11.4. The van der Waals surface area contributed by atoms with Crippen LogP contribution in [0, 0.1) is 12.3 Å². The summed E-state index contributed by atoms with van der Waals surface area (Å²) >= 11 is 4.88. The van der Waals surface area contributed by atoms with Gasteiger partial charge in [0.1, 0.15) is 0 Å². The molecule has 2 aromatic rings. The number of hydrogen-bond donors (Lipinski definition) is 2. The van der Waals surface area contributed by atoms with E-state index in [0.717, 1.165) is 25.8 Å². The maximum Gasteiger partial charge on any atom is 0.309 e. The first kappa shape index (κ1) is 21.1. The number of fused-ring (bicyclic) bond motifs is 1. The fourth-order valence-electron chi connectivity index (χ4n) is 2.84. The van der Waals surface area contributed by atoms with Crippen LogP contribution in [-0.4, -0.2) is 26.8 Å². The zero-order valence-electron chi connectivity index (χ0n) is 16.0. The Bertz CT molecular complexity index is 823. The van der Waals surface area contributed by atoms with Crippen LogP contribution < -0.4 is 0 Å². The molecule has 1 heterocycles. The fraction of sp³-hybridized carbons (Fsp3) is 0.579. The molecule has 0 bridgehead atoms. The molecule has 0 aliphatic heterocycles. The van der Waals surface area contributed by atoms with Crippen LogP contribution in [0.25, 0.3) is 10.2 Å². The predicted molar refractivity (Wildman–Crippen MR) is 108 cm³/mol. The summed E-state index contributed by atoms with van der Waals surface area (Å²) in [6.07, 6.45) is 0.796. The van der Waals surface area contributed by atoms with Gasteiger partial charge in [0, 0.05) is 4.47 Å². The monoisotopic (exact) mass is 443 g/mol. The van der Waals surface area contributed by atoms with E-state index in [9.17, 15) is 15.0 Å². The Morgan fingerprint density at radius 2 is 1.96 bits per heavy atom. The van der Waals surface area contributed by atoms with E-state index in [0.29, 0.717) is 12.8 Å². The summed E-state index contributed by atoms with van der Waals surface area (Å²) in [4.78, 5) is 15.6. The van der Waals surface area contributed by atoms with Gasteiger partial charge in [-0.1, -0.05) is 11.3 Å². The van der Waals surface area contributed by atoms with Crippen molar-refractivity contribution in [3.63, 3.8) is 0 Å². The molecule has 0 amide bonds. The molecule has 0 saturated heterocycles. The summed E-state index contributed by atoms with van der Waals surface area (Å²) in [5.41, 5.74) is 1.51. The molecule has 7 heteroatoms. The number of rotatable bonds is 6. The van der Waals surface area contributed by atoms with Crippen LogP contribution in [0.2, 0.25) is 0 Å². The first-order valence-corrected chi connectivity index (χ1v) is 10.1. The number of hydrogen-bond acceptors (Lipinski definition) is 5. The fourth-order valence-corrected chi connectivity index (χ4v) is 4.59. The van der Waals surface area contributed by atoms with Crippen molar-refractivity contribution in [2.45, 2.75) is 66.1 Å². The van der Waals surface area contributed by atoms with E-state index in [-0.39, 0.29) is 16.9 Å². The molecule has 0 radical (unpaired) electrons. The lowest BCUT2D eigenvalue weighted by Gasteiger charge is -2.31. The lowest BCUT2D eigenvalue weighted by atomic mass is 9.85. The average molecular weight is 444 g/mol. The van der Waals surface area contributed by atoms with Gasteiger partial charge in [0.2, 0.25) is 0 Å². The molecule has 0 unspecified atom stereocenters. The van der Waals surface area contributed by atoms with Gasteiger partial charge < -0.3 is 14.9 Å². The number of halogens is 1. The number of carboxylic acid groups (broad SMARTS) is 1. The highest BCUT2D eigenvalue weighted by atomic mass is 79.9. The molecular formula is C19H26BrNO4S. The first-order valence-electron chi connectivity index (χ1n) is 8.51. The van der Waals surface area contributed by atoms with Gasteiger partial charge in [0.25, 0.3) is 5.19 Å². The van der Waals surface area contributed by atoms with Crippen molar-refractivity contribution in [3.8, 4) is 5.19 Å². The molecule has 0 spiro atoms. The Labute approximate surface area is 166 Å². The summed E-state index contributed by atoms with van der Waals surface area (Å²) < 4.78 is 8.03. The van der Waals surface area contributed by atoms with Crippen LogP contribution in [0.4, 0.5) is 0 Å². The second kappa shape index (κ2) is 7.44. The number of aromatic hydroxyl groups is 1. The third kappa shape index (κ3) is 4.75. The minimum absolute atomic E-state index is 0.0255. The number of aryl methyl sites for hydroxylation is 1. The van der Waals surface area contributed by atoms with Crippen LogP contribution in [-0.2, 0) is 9.53 Å². The largest absolute Gasteiger partial charge is 0.486 e. The highest BCUT2D eigenvalue weighted by Gasteiger charge is 2.31. The van der Waals surface area contributed by atoms with E-state index >= 15 is 0 Å². The van der Waals surface area contributed by atoms with E-state index in [2.05, 4.69) is 20.9 Å². The molecular weight excluding hydrogens is 418 g/mol. The zero-order valence-corrected chi connectivity index (χ0v) is 18.4. The number of aromatic nitrogens is 1. The highest BCUT2D eigenvalue weighted by Crippen LogP contribution is 2.43. The Balaban J connectivity index is 2.48. The van der Waals surface area contributed by atoms with Gasteiger partial charge in [0.05, 0.1) is 27.3 Å². The van der Waals surface area contributed by atoms with Gasteiger partial charge in [-0.15, -0.1) is 0 Å². The number of carbonyl (C=O) groups is 1. The van der Waals surface area contributed by atoms with E-state index in [1.54, 1.807) is 13.8 Å². The summed E-state index contributed by atoms with van der Waals surface area (Å²) in [7, 11) is 0. The molecule has 1 aromatic carbocycles. The molecule has 0 aliphatic rings. The second-order valence-electron chi connectivity index (χ2n) is 8.21. The SMILES string of the molecule is Cc1cc2nc(O)sc2c(Br)c1[C@H](CCC(C)(C)C(=O)O)OC(C)(C)C. The quantitative estimate of drug-likeness (QED) is 0.587. The molecule has 26 heavy (non-hydrogen) atoms. The van der Waals surface area contributed by atoms with Gasteiger partial charge in [-0.05, 0) is 87.5 Å². The van der Waals surface area contributed by atoms with E-state index < -0.39 is 11.4 Å². The van der Waals surface area contributed by atoms with Gasteiger partial charge in [-0.2, -0.15) is 0 Å². The minimum atomic E-state index is -0.827. The van der Waals surface area contributed by atoms with Crippen LogP contribution in [0.5, 0.6) is 5.19 Å². The van der Waals surface area contributed by atoms with Crippen molar-refractivity contribution < 1.29 is 19.7 Å². The van der Waals surface area contributed by atoms with Gasteiger partial charge in [-0.25, -0.2) is 4.98 Å². The molecule has 1 atom stereocenters. The lowest BCUT2D eigenvalue weighted by molar-refractivity contribution is -0.148. The predicted octanol–water partition coefficient (Wildman–Crippen LogP) is 5.82. The Kier molecular flexibility index (Phi) is 6.05. The van der Waals surface area contributed by atoms with E-state index in [1.165, 1.54) is 11.3 Å². The minimum Gasteiger partial charge on any atom is -0.486 e. The smallest absolute Gasteiger partial charge is 0.309 e. The number of nitrogens with zero attached hydrogens (tertiary/aromatic N) is 1. The maximum absolute atomic E-state index is 11.5. The van der Waals surface area contributed by atoms with Crippen molar-refractivity contribution in [3.05, 3.63) is 21.7 Å². The standard InChI is InChI=1S/C19H26BrNO4S/c1-10-9-11-15(26-17(24)21-11)14(20)13(10)12(25-18(2,3)4)7-8-19(5,6)16(22)23/h9,12H,7-8H2,1-6H3,(H,21,24)(H,22,23)/t12-/m0/s1. The van der Waals surface area contributed by atoms with Crippen LogP contribution in [0.1, 0.15) is 64.7 Å². The molecule has 0 fully saturated rings. The number of thiazole rings is 1. The van der Waals surface area contributed by atoms with Crippen LogP contribution >= 0.6 is 27.3 Å². The zero-order chi connectivity index (χ0) is 19.9. The number of aliphatic carboxylic acids is 1. The number of carboxylic acids is 1. The Hall–Kier alpha value is -1.18. The third-order valence-corrected chi connectivity index (χ3v) is 6.26. The molecule has 0 saturated carbocycles. The topological polar surface area (TPSA) is 79.7 Å². The van der Waals surface area contributed by atoms with Crippen LogP contribution in [0.3, 0.4) is 0 Å². The number of ether oxygens (including phenoxy) is 1. The Morgan fingerprint density at radius 1 is 1.35 bits per heavy atom. The van der Waals surface area contributed by atoms with Gasteiger partial charge >= 0.3 is 5.97 Å².